The number of hydrogen-bond acceptors (Lipinski definition) is 2. The van der Waals surface area contributed by atoms with Crippen molar-refractivity contribution in [1.82, 2.24) is 0 Å². The Kier molecular flexibility index (Phi) is 9.55. The highest BCUT2D eigenvalue weighted by atomic mass is 19.4. The molecule has 0 N–H and O–H groups in total. The van der Waals surface area contributed by atoms with Crippen LogP contribution >= 0.6 is 0 Å². The summed E-state index contributed by atoms with van der Waals surface area (Å²) >= 11 is 0. The van der Waals surface area contributed by atoms with Crippen LogP contribution in [0.25, 0.3) is 0 Å². The number of rotatable bonds is 10. The second kappa shape index (κ2) is 9.71. The summed E-state index contributed by atoms with van der Waals surface area (Å²) in [4.78, 5) is 0. The van der Waals surface area contributed by atoms with E-state index in [4.69, 9.17) is 9.47 Å². The minimum absolute atomic E-state index is 0.229. The first kappa shape index (κ1) is 16.7. The highest BCUT2D eigenvalue weighted by Gasteiger charge is 2.26. The van der Waals surface area contributed by atoms with Crippen LogP contribution in [-0.2, 0) is 9.47 Å². The van der Waals surface area contributed by atoms with Crippen LogP contribution in [0.15, 0.2) is 0 Å². The maximum atomic E-state index is 11.7. The van der Waals surface area contributed by atoms with Crippen LogP contribution in [0.2, 0.25) is 0 Å². The summed E-state index contributed by atoms with van der Waals surface area (Å²) < 4.78 is 45.5. The van der Waals surface area contributed by atoms with Gasteiger partial charge in [-0.1, -0.05) is 13.8 Å². The summed E-state index contributed by atoms with van der Waals surface area (Å²) in [5.41, 5.74) is 0. The monoisotopic (exact) mass is 256 g/mol. The Morgan fingerprint density at radius 1 is 0.882 bits per heavy atom. The third-order valence-electron chi connectivity index (χ3n) is 2.06. The molecule has 17 heavy (non-hydrogen) atoms. The molecule has 0 fully saturated rings. The molecule has 0 spiro atoms. The molecule has 0 saturated heterocycles. The van der Waals surface area contributed by atoms with Crippen LogP contribution in [0.5, 0.6) is 0 Å². The van der Waals surface area contributed by atoms with E-state index in [0.717, 1.165) is 32.5 Å². The average Bonchev–Trinajstić information content (AvgIpc) is 2.18. The van der Waals surface area contributed by atoms with E-state index in [1.54, 1.807) is 0 Å². The summed E-state index contributed by atoms with van der Waals surface area (Å²) in [5, 5.41) is 0. The minimum Gasteiger partial charge on any atom is -0.381 e. The maximum absolute atomic E-state index is 11.7. The molecule has 0 aliphatic rings. The van der Waals surface area contributed by atoms with Gasteiger partial charge in [0.1, 0.15) is 0 Å². The molecule has 0 aliphatic heterocycles. The zero-order chi connectivity index (χ0) is 13.1. The Hall–Kier alpha value is -0.290. The summed E-state index contributed by atoms with van der Waals surface area (Å²) in [6, 6.07) is 0. The van der Waals surface area contributed by atoms with Gasteiger partial charge in [-0.25, -0.2) is 0 Å². The second-order valence-electron chi connectivity index (χ2n) is 4.51. The minimum atomic E-state index is -4.11. The molecule has 0 rings (SSSR count). The molecule has 104 valence electrons. The van der Waals surface area contributed by atoms with Crippen molar-refractivity contribution < 1.29 is 22.6 Å². The highest BCUT2D eigenvalue weighted by molar-refractivity contribution is 4.48. The molecule has 2 nitrogen and oxygen atoms in total. The van der Waals surface area contributed by atoms with E-state index in [-0.39, 0.29) is 6.61 Å². The second-order valence-corrected chi connectivity index (χ2v) is 4.51. The zero-order valence-electron chi connectivity index (χ0n) is 10.7. The smallest absolute Gasteiger partial charge is 0.381 e. The van der Waals surface area contributed by atoms with Crippen LogP contribution in [0.1, 0.15) is 39.5 Å². The first-order chi connectivity index (χ1) is 7.92. The lowest BCUT2D eigenvalue weighted by Gasteiger charge is -2.08. The van der Waals surface area contributed by atoms with E-state index in [9.17, 15) is 13.2 Å². The fourth-order valence-electron chi connectivity index (χ4n) is 1.19. The molecule has 5 heteroatoms. The molecule has 0 aromatic carbocycles. The van der Waals surface area contributed by atoms with Gasteiger partial charge in [-0.15, -0.1) is 0 Å². The van der Waals surface area contributed by atoms with E-state index in [1.165, 1.54) is 0 Å². The van der Waals surface area contributed by atoms with E-state index in [0.29, 0.717) is 12.5 Å². The lowest BCUT2D eigenvalue weighted by atomic mass is 10.2. The summed E-state index contributed by atoms with van der Waals surface area (Å²) in [6.45, 7) is 5.85. The lowest BCUT2D eigenvalue weighted by Crippen LogP contribution is -2.12. The Morgan fingerprint density at radius 3 is 2.00 bits per heavy atom. The van der Waals surface area contributed by atoms with Crippen LogP contribution in [-0.4, -0.2) is 32.6 Å². The maximum Gasteiger partial charge on any atom is 0.391 e. The molecular formula is C12H23F3O2. The van der Waals surface area contributed by atoms with Gasteiger partial charge in [0.05, 0.1) is 13.0 Å². The van der Waals surface area contributed by atoms with Crippen LogP contribution < -0.4 is 0 Å². The van der Waals surface area contributed by atoms with Gasteiger partial charge in [-0.05, 0) is 25.2 Å². The van der Waals surface area contributed by atoms with Crippen molar-refractivity contribution in [2.45, 2.75) is 45.7 Å². The van der Waals surface area contributed by atoms with Crippen molar-refractivity contribution in [3.63, 3.8) is 0 Å². The Labute approximate surface area is 101 Å². The molecule has 0 bridgehead atoms. The van der Waals surface area contributed by atoms with Crippen LogP contribution in [0.3, 0.4) is 0 Å². The first-order valence-corrected chi connectivity index (χ1v) is 6.14. The lowest BCUT2D eigenvalue weighted by molar-refractivity contribution is -0.145. The van der Waals surface area contributed by atoms with Crippen LogP contribution in [0.4, 0.5) is 13.2 Å². The van der Waals surface area contributed by atoms with Gasteiger partial charge in [-0.2, -0.15) is 13.2 Å². The largest absolute Gasteiger partial charge is 0.391 e. The van der Waals surface area contributed by atoms with E-state index in [2.05, 4.69) is 13.8 Å². The van der Waals surface area contributed by atoms with Crippen molar-refractivity contribution in [3.8, 4) is 0 Å². The molecule has 0 saturated carbocycles. The number of hydrogen-bond donors (Lipinski definition) is 0. The van der Waals surface area contributed by atoms with E-state index >= 15 is 0 Å². The molecule has 0 amide bonds. The predicted molar refractivity (Wildman–Crippen MR) is 61.0 cm³/mol. The van der Waals surface area contributed by atoms with Crippen molar-refractivity contribution in [3.05, 3.63) is 0 Å². The third-order valence-corrected chi connectivity index (χ3v) is 2.06. The average molecular weight is 256 g/mol. The highest BCUT2D eigenvalue weighted by Crippen LogP contribution is 2.18. The van der Waals surface area contributed by atoms with Gasteiger partial charge in [-0.3, -0.25) is 0 Å². The fraction of sp³-hybridized carbons (Fsp3) is 1.00. The van der Waals surface area contributed by atoms with Gasteiger partial charge in [0.25, 0.3) is 0 Å². The van der Waals surface area contributed by atoms with Gasteiger partial charge in [0.2, 0.25) is 0 Å². The number of ether oxygens (including phenoxy) is 2. The number of unbranched alkanes of at least 4 members (excludes halogenated alkanes) is 2. The summed E-state index contributed by atoms with van der Waals surface area (Å²) in [5.74, 6) is 0.542. The third kappa shape index (κ3) is 15.7. The molecule has 0 aliphatic carbocycles. The standard InChI is InChI=1S/C12H23F3O2/c1-11(2)10-17-8-5-3-4-7-16-9-6-12(13,14)15/h11H,3-10H2,1-2H3. The Balaban J connectivity index is 3.04. The topological polar surface area (TPSA) is 18.5 Å². The zero-order valence-corrected chi connectivity index (χ0v) is 10.7. The van der Waals surface area contributed by atoms with Crippen molar-refractivity contribution >= 4 is 0 Å². The number of halogens is 3. The van der Waals surface area contributed by atoms with Crippen LogP contribution in [0, 0.1) is 5.92 Å². The quantitative estimate of drug-likeness (QED) is 0.553. The van der Waals surface area contributed by atoms with E-state index in [1.807, 2.05) is 0 Å². The molecule has 0 heterocycles. The molecular weight excluding hydrogens is 233 g/mol. The molecule has 0 radical (unpaired) electrons. The Morgan fingerprint density at radius 2 is 1.47 bits per heavy atom. The molecule has 0 aromatic rings. The molecule has 0 unspecified atom stereocenters. The van der Waals surface area contributed by atoms with Crippen molar-refractivity contribution in [2.75, 3.05) is 26.4 Å². The van der Waals surface area contributed by atoms with Crippen molar-refractivity contribution in [1.29, 1.82) is 0 Å². The van der Waals surface area contributed by atoms with Crippen molar-refractivity contribution in [2.24, 2.45) is 5.92 Å². The number of alkyl halides is 3. The molecule has 0 atom stereocenters. The van der Waals surface area contributed by atoms with Gasteiger partial charge in [0, 0.05) is 19.8 Å². The van der Waals surface area contributed by atoms with Gasteiger partial charge >= 0.3 is 6.18 Å². The first-order valence-electron chi connectivity index (χ1n) is 6.14. The molecule has 0 aromatic heterocycles. The van der Waals surface area contributed by atoms with Gasteiger partial charge in [0.15, 0.2) is 0 Å². The normalized spacial score (nSPS) is 12.4. The van der Waals surface area contributed by atoms with E-state index < -0.39 is 12.6 Å². The summed E-state index contributed by atoms with van der Waals surface area (Å²) in [6.07, 6.45) is -2.29. The van der Waals surface area contributed by atoms with Gasteiger partial charge < -0.3 is 9.47 Å². The predicted octanol–water partition coefficient (Wildman–Crippen LogP) is 3.80. The Bertz CT molecular complexity index is 170. The SMILES string of the molecule is CC(C)COCCCCCOCCC(F)(F)F. The summed E-state index contributed by atoms with van der Waals surface area (Å²) in [7, 11) is 0. The fourth-order valence-corrected chi connectivity index (χ4v) is 1.19.